The van der Waals surface area contributed by atoms with Gasteiger partial charge in [0.15, 0.2) is 0 Å². The van der Waals surface area contributed by atoms with Gasteiger partial charge < -0.3 is 10.2 Å². The van der Waals surface area contributed by atoms with Crippen molar-refractivity contribution in [3.05, 3.63) is 82.1 Å². The fourth-order valence-corrected chi connectivity index (χ4v) is 4.10. The maximum atomic E-state index is 13.3. The molecule has 0 saturated heterocycles. The van der Waals surface area contributed by atoms with E-state index in [-0.39, 0.29) is 11.9 Å². The fourth-order valence-electron chi connectivity index (χ4n) is 4.10. The zero-order chi connectivity index (χ0) is 19.8. The summed E-state index contributed by atoms with van der Waals surface area (Å²) in [7, 11) is 1.73. The monoisotopic (exact) mass is 375 g/mol. The molecule has 0 unspecified atom stereocenters. The average molecular weight is 375 g/mol. The topological polar surface area (TPSA) is 52.7 Å². The van der Waals surface area contributed by atoms with Crippen LogP contribution in [-0.2, 0) is 11.2 Å². The van der Waals surface area contributed by atoms with Crippen LogP contribution in [0.3, 0.4) is 0 Å². The molecule has 5 heteroatoms. The Morgan fingerprint density at radius 1 is 1.07 bits per heavy atom. The smallest absolute Gasteiger partial charge is 0.322 e. The van der Waals surface area contributed by atoms with Crippen LogP contribution >= 0.6 is 0 Å². The van der Waals surface area contributed by atoms with Gasteiger partial charge in [-0.1, -0.05) is 54.1 Å². The minimum Gasteiger partial charge on any atom is -0.333 e. The third-order valence-electron chi connectivity index (χ3n) is 5.68. The normalized spacial score (nSPS) is 19.2. The second-order valence-electron chi connectivity index (χ2n) is 7.62. The number of carbonyl (C=O) groups is 2. The number of likely N-dealkylation sites (N-methyl/N-ethyl adjacent to an activating group) is 1. The van der Waals surface area contributed by atoms with Crippen LogP contribution in [0.4, 0.5) is 4.79 Å². The number of nitrogens with zero attached hydrogens (tertiary/aromatic N) is 2. The van der Waals surface area contributed by atoms with Crippen LogP contribution < -0.4 is 5.32 Å². The van der Waals surface area contributed by atoms with Crippen molar-refractivity contribution in [2.45, 2.75) is 26.3 Å². The van der Waals surface area contributed by atoms with Gasteiger partial charge >= 0.3 is 6.03 Å². The summed E-state index contributed by atoms with van der Waals surface area (Å²) in [5.41, 5.74) is 5.94. The lowest BCUT2D eigenvalue weighted by Gasteiger charge is -2.31. The van der Waals surface area contributed by atoms with Crippen molar-refractivity contribution in [1.82, 2.24) is 15.1 Å². The average Bonchev–Trinajstić information content (AvgIpc) is 3.01. The molecule has 0 spiro atoms. The van der Waals surface area contributed by atoms with Crippen LogP contribution in [0.5, 0.6) is 0 Å². The Morgan fingerprint density at radius 3 is 2.54 bits per heavy atom. The number of rotatable bonds is 4. The number of amides is 3. The van der Waals surface area contributed by atoms with Crippen molar-refractivity contribution in [3.8, 4) is 0 Å². The Morgan fingerprint density at radius 2 is 1.82 bits per heavy atom. The first-order valence-corrected chi connectivity index (χ1v) is 9.63. The van der Waals surface area contributed by atoms with Gasteiger partial charge in [-0.3, -0.25) is 9.69 Å². The first kappa shape index (κ1) is 18.3. The van der Waals surface area contributed by atoms with Gasteiger partial charge in [-0.25, -0.2) is 4.79 Å². The van der Waals surface area contributed by atoms with Gasteiger partial charge in [0, 0.05) is 13.6 Å². The Kier molecular flexibility index (Phi) is 4.67. The maximum Gasteiger partial charge on any atom is 0.322 e. The molecule has 5 nitrogen and oxygen atoms in total. The highest BCUT2D eigenvalue weighted by Gasteiger charge is 2.42. The lowest BCUT2D eigenvalue weighted by atomic mass is 9.91. The van der Waals surface area contributed by atoms with Crippen molar-refractivity contribution in [3.63, 3.8) is 0 Å². The minimum atomic E-state index is -0.395. The predicted octanol–water partition coefficient (Wildman–Crippen LogP) is 3.34. The van der Waals surface area contributed by atoms with Crippen molar-refractivity contribution in [1.29, 1.82) is 0 Å². The molecule has 2 aliphatic rings. The molecule has 1 N–H and O–H groups in total. The third kappa shape index (κ3) is 3.17. The Hall–Kier alpha value is -3.08. The van der Waals surface area contributed by atoms with Crippen molar-refractivity contribution < 1.29 is 9.59 Å². The van der Waals surface area contributed by atoms with E-state index in [1.165, 1.54) is 5.56 Å². The van der Waals surface area contributed by atoms with E-state index < -0.39 is 6.04 Å². The molecule has 2 aromatic rings. The number of hydrogen-bond donors (Lipinski definition) is 1. The fraction of sp³-hybridized carbons (Fsp3) is 0.304. The number of carbonyl (C=O) groups excluding carboxylic acids is 2. The summed E-state index contributed by atoms with van der Waals surface area (Å²) in [4.78, 5) is 29.2. The molecule has 0 aromatic heterocycles. The van der Waals surface area contributed by atoms with Gasteiger partial charge in [0.1, 0.15) is 0 Å². The third-order valence-corrected chi connectivity index (χ3v) is 5.68. The van der Waals surface area contributed by atoms with E-state index in [1.807, 2.05) is 49.1 Å². The molecular formula is C23H25N3O2. The molecule has 0 bridgehead atoms. The number of nitrogens with one attached hydrogen (secondary N) is 1. The van der Waals surface area contributed by atoms with Crippen LogP contribution in [0.1, 0.15) is 28.3 Å². The van der Waals surface area contributed by atoms with Gasteiger partial charge in [0.25, 0.3) is 5.91 Å². The van der Waals surface area contributed by atoms with E-state index in [4.69, 9.17) is 0 Å². The van der Waals surface area contributed by atoms with E-state index in [0.717, 1.165) is 28.8 Å². The van der Waals surface area contributed by atoms with Gasteiger partial charge in [-0.05, 0) is 37.0 Å². The summed E-state index contributed by atoms with van der Waals surface area (Å²) < 4.78 is 0. The van der Waals surface area contributed by atoms with Crippen molar-refractivity contribution >= 4 is 11.9 Å². The quantitative estimate of drug-likeness (QED) is 0.891. The largest absolute Gasteiger partial charge is 0.333 e. The number of hydrogen-bond acceptors (Lipinski definition) is 2. The molecule has 28 heavy (non-hydrogen) atoms. The molecule has 0 saturated carbocycles. The minimum absolute atomic E-state index is 0.0164. The summed E-state index contributed by atoms with van der Waals surface area (Å²) in [5.74, 6) is 0.0164. The van der Waals surface area contributed by atoms with Crippen LogP contribution in [0.15, 0.2) is 59.8 Å². The second-order valence-corrected chi connectivity index (χ2v) is 7.62. The summed E-state index contributed by atoms with van der Waals surface area (Å²) in [6.45, 7) is 5.18. The lowest BCUT2D eigenvalue weighted by molar-refractivity contribution is -0.125. The molecule has 0 radical (unpaired) electrons. The molecule has 0 aliphatic carbocycles. The van der Waals surface area contributed by atoms with Crippen molar-refractivity contribution in [2.24, 2.45) is 0 Å². The number of aryl methyl sites for hydroxylation is 2. The molecule has 0 fully saturated rings. The summed E-state index contributed by atoms with van der Waals surface area (Å²) in [6.07, 6.45) is 0.798. The zero-order valence-electron chi connectivity index (χ0n) is 16.5. The molecule has 2 aromatic carbocycles. The highest BCUT2D eigenvalue weighted by atomic mass is 16.2. The molecule has 144 valence electrons. The van der Waals surface area contributed by atoms with Crippen LogP contribution in [0.25, 0.3) is 0 Å². The first-order valence-electron chi connectivity index (χ1n) is 9.63. The maximum absolute atomic E-state index is 13.3. The van der Waals surface area contributed by atoms with Crippen LogP contribution in [0, 0.1) is 13.8 Å². The highest BCUT2D eigenvalue weighted by molar-refractivity contribution is 6.01. The Labute approximate surface area is 165 Å². The van der Waals surface area contributed by atoms with Crippen LogP contribution in [0.2, 0.25) is 0 Å². The molecule has 3 amide bonds. The highest BCUT2D eigenvalue weighted by Crippen LogP contribution is 2.36. The van der Waals surface area contributed by atoms with Crippen LogP contribution in [-0.4, -0.2) is 41.9 Å². The molecule has 1 atom stereocenters. The SMILES string of the molecule is Cc1ccc([C@H]2NC(=O)N(C)C3=C2C(=O)N(CCc2ccccc2)C3)c(C)c1. The standard InChI is InChI=1S/C23H25N3O2/c1-15-9-10-18(16(2)13-15)21-20-19(25(3)23(28)24-21)14-26(22(20)27)12-11-17-7-5-4-6-8-17/h4-10,13,21H,11-12,14H2,1-3H3,(H,24,28)/t21-/m1/s1. The Bertz CT molecular complexity index is 965. The van der Waals surface area contributed by atoms with E-state index in [1.54, 1.807) is 11.9 Å². The van der Waals surface area contributed by atoms with Gasteiger partial charge in [-0.2, -0.15) is 0 Å². The first-order chi connectivity index (χ1) is 13.5. The number of benzene rings is 2. The Balaban J connectivity index is 1.62. The van der Waals surface area contributed by atoms with Gasteiger partial charge in [-0.15, -0.1) is 0 Å². The number of urea groups is 1. The summed E-state index contributed by atoms with van der Waals surface area (Å²) >= 11 is 0. The van der Waals surface area contributed by atoms with E-state index in [0.29, 0.717) is 18.7 Å². The summed E-state index contributed by atoms with van der Waals surface area (Å²) in [5, 5.41) is 3.02. The molecule has 2 aliphatic heterocycles. The predicted molar refractivity (Wildman–Crippen MR) is 109 cm³/mol. The molecular weight excluding hydrogens is 350 g/mol. The summed E-state index contributed by atoms with van der Waals surface area (Å²) in [6, 6.07) is 15.7. The van der Waals surface area contributed by atoms with Gasteiger partial charge in [0.2, 0.25) is 0 Å². The van der Waals surface area contributed by atoms with Crippen molar-refractivity contribution in [2.75, 3.05) is 20.1 Å². The van der Waals surface area contributed by atoms with Gasteiger partial charge in [0.05, 0.1) is 23.9 Å². The van der Waals surface area contributed by atoms with E-state index in [9.17, 15) is 9.59 Å². The zero-order valence-corrected chi connectivity index (χ0v) is 16.5. The van der Waals surface area contributed by atoms with E-state index >= 15 is 0 Å². The molecule has 4 rings (SSSR count). The second kappa shape index (κ2) is 7.15. The molecule has 2 heterocycles. The lowest BCUT2D eigenvalue weighted by Crippen LogP contribution is -2.45. The van der Waals surface area contributed by atoms with E-state index in [2.05, 4.69) is 23.5 Å².